The summed E-state index contributed by atoms with van der Waals surface area (Å²) in [6, 6.07) is 28.2. The Balaban J connectivity index is 0.000000119. The molecule has 4 aromatic rings. The van der Waals surface area contributed by atoms with Gasteiger partial charge in [0.2, 0.25) is 0 Å². The van der Waals surface area contributed by atoms with E-state index >= 15 is 0 Å². The van der Waals surface area contributed by atoms with Crippen LogP contribution >= 0.6 is 0 Å². The van der Waals surface area contributed by atoms with Gasteiger partial charge in [0.1, 0.15) is 0 Å². The molecule has 0 bridgehead atoms. The topological polar surface area (TPSA) is 45.7 Å². The first-order valence-electron chi connectivity index (χ1n) is 8.82. The van der Waals surface area contributed by atoms with Crippen LogP contribution in [0.1, 0.15) is 0 Å². The number of nitrogens with one attached hydrogen (secondary N) is 2. The molecule has 0 unspecified atom stereocenters. The fourth-order valence-corrected chi connectivity index (χ4v) is 3.30. The van der Waals surface area contributed by atoms with Crippen LogP contribution < -0.4 is 15.4 Å². The zero-order valence-corrected chi connectivity index (χ0v) is 14.5. The Morgan fingerprint density at radius 1 is 0.630 bits per heavy atom. The third kappa shape index (κ3) is 2.87. The molecule has 0 aliphatic carbocycles. The molecule has 0 aromatic heterocycles. The smallest absolute Gasteiger partial charge is 0.150 e. The molecule has 4 nitrogen and oxygen atoms in total. The van der Waals surface area contributed by atoms with E-state index in [0.717, 1.165) is 34.2 Å². The van der Waals surface area contributed by atoms with Crippen LogP contribution in [0.2, 0.25) is 0 Å². The van der Waals surface area contributed by atoms with E-state index in [0.29, 0.717) is 0 Å². The van der Waals surface area contributed by atoms with Gasteiger partial charge in [0, 0.05) is 11.1 Å². The maximum atomic E-state index is 5.71. The molecule has 0 radical (unpaired) electrons. The number of hydrogen-bond donors (Lipinski definition) is 2. The molecular weight excluding hydrogens is 334 g/mol. The SMILES string of the molecule is C1=Nc2cccc3cccc(c23)N1.c1ccc2c(c1)Nc1ccccc1O2. The van der Waals surface area contributed by atoms with Crippen LogP contribution in [0.3, 0.4) is 0 Å². The van der Waals surface area contributed by atoms with E-state index in [-0.39, 0.29) is 0 Å². The molecule has 4 aromatic carbocycles. The van der Waals surface area contributed by atoms with Crippen molar-refractivity contribution >= 4 is 39.9 Å². The third-order valence-electron chi connectivity index (χ3n) is 4.57. The molecule has 2 N–H and O–H groups in total. The monoisotopic (exact) mass is 351 g/mol. The summed E-state index contributed by atoms with van der Waals surface area (Å²) < 4.78 is 5.71. The van der Waals surface area contributed by atoms with Crippen LogP contribution in [-0.2, 0) is 0 Å². The van der Waals surface area contributed by atoms with Crippen LogP contribution in [0.4, 0.5) is 22.7 Å². The average molecular weight is 351 g/mol. The van der Waals surface area contributed by atoms with Crippen molar-refractivity contribution in [3.05, 3.63) is 84.9 Å². The summed E-state index contributed by atoms with van der Waals surface area (Å²) in [7, 11) is 0. The first-order chi connectivity index (χ1) is 13.4. The van der Waals surface area contributed by atoms with Gasteiger partial charge >= 0.3 is 0 Å². The summed E-state index contributed by atoms with van der Waals surface area (Å²) in [6.07, 6.45) is 1.73. The number of benzene rings is 4. The van der Waals surface area contributed by atoms with Crippen molar-refractivity contribution in [3.8, 4) is 11.5 Å². The van der Waals surface area contributed by atoms with Crippen LogP contribution in [0.5, 0.6) is 11.5 Å². The molecule has 4 heteroatoms. The molecule has 0 saturated heterocycles. The molecule has 0 amide bonds. The van der Waals surface area contributed by atoms with Crippen LogP contribution in [0, 0.1) is 0 Å². The zero-order chi connectivity index (χ0) is 18.1. The quantitative estimate of drug-likeness (QED) is 0.336. The van der Waals surface area contributed by atoms with Gasteiger partial charge in [-0.05, 0) is 41.8 Å². The van der Waals surface area contributed by atoms with Gasteiger partial charge in [-0.1, -0.05) is 48.5 Å². The Bertz CT molecular complexity index is 1070. The lowest BCUT2D eigenvalue weighted by atomic mass is 10.1. The summed E-state index contributed by atoms with van der Waals surface area (Å²) in [6.45, 7) is 0. The van der Waals surface area contributed by atoms with Crippen molar-refractivity contribution in [1.29, 1.82) is 0 Å². The van der Waals surface area contributed by atoms with Crippen molar-refractivity contribution in [3.63, 3.8) is 0 Å². The van der Waals surface area contributed by atoms with Crippen molar-refractivity contribution in [1.82, 2.24) is 0 Å². The van der Waals surface area contributed by atoms with Crippen molar-refractivity contribution in [2.45, 2.75) is 0 Å². The van der Waals surface area contributed by atoms with E-state index in [1.54, 1.807) is 6.34 Å². The Kier molecular flexibility index (Phi) is 3.72. The first kappa shape index (κ1) is 15.5. The molecule has 2 heterocycles. The van der Waals surface area contributed by atoms with Gasteiger partial charge in [-0.2, -0.15) is 0 Å². The van der Waals surface area contributed by atoms with E-state index in [1.807, 2.05) is 66.7 Å². The molecule has 2 aliphatic heterocycles. The van der Waals surface area contributed by atoms with E-state index in [2.05, 4.69) is 33.8 Å². The van der Waals surface area contributed by atoms with Gasteiger partial charge in [0.05, 0.1) is 23.4 Å². The zero-order valence-electron chi connectivity index (χ0n) is 14.5. The number of nitrogens with zero attached hydrogens (tertiary/aromatic N) is 1. The largest absolute Gasteiger partial charge is 0.453 e. The summed E-state index contributed by atoms with van der Waals surface area (Å²) in [5, 5.41) is 8.90. The number of rotatable bonds is 0. The second kappa shape index (κ2) is 6.50. The highest BCUT2D eigenvalue weighted by molar-refractivity contribution is 6.08. The Labute approximate surface area is 157 Å². The molecule has 2 aliphatic rings. The Morgan fingerprint density at radius 2 is 1.26 bits per heavy atom. The second-order valence-corrected chi connectivity index (χ2v) is 6.30. The molecule has 130 valence electrons. The fraction of sp³-hybridized carbons (Fsp3) is 0. The lowest BCUT2D eigenvalue weighted by Crippen LogP contribution is -2.01. The van der Waals surface area contributed by atoms with E-state index < -0.39 is 0 Å². The highest BCUT2D eigenvalue weighted by atomic mass is 16.5. The normalized spacial score (nSPS) is 12.4. The molecule has 6 rings (SSSR count). The lowest BCUT2D eigenvalue weighted by Gasteiger charge is -2.20. The number of ether oxygens (including phenoxy) is 1. The third-order valence-corrected chi connectivity index (χ3v) is 4.57. The Hall–Kier alpha value is -3.79. The van der Waals surface area contributed by atoms with E-state index in [9.17, 15) is 0 Å². The maximum absolute atomic E-state index is 5.71. The molecular formula is C23H17N3O. The average Bonchev–Trinajstić information content (AvgIpc) is 2.73. The maximum Gasteiger partial charge on any atom is 0.150 e. The van der Waals surface area contributed by atoms with Gasteiger partial charge in [-0.15, -0.1) is 0 Å². The van der Waals surface area contributed by atoms with Crippen LogP contribution in [0.15, 0.2) is 89.9 Å². The molecule has 0 fully saturated rings. The minimum Gasteiger partial charge on any atom is -0.453 e. The number of anilines is 3. The number of hydrogen-bond acceptors (Lipinski definition) is 4. The standard InChI is InChI=1S/C12H9NO.C11H8N2/c1-3-7-11-9(5-1)13-10-6-2-4-8-12(10)14-11;1-3-8-4-2-6-10-11(8)9(5-1)12-7-13-10/h1-8,13H;1-7H,(H,12,13). The first-order valence-corrected chi connectivity index (χ1v) is 8.82. The number of aliphatic imine (C=N–C) groups is 1. The van der Waals surface area contributed by atoms with Gasteiger partial charge < -0.3 is 15.4 Å². The fourth-order valence-electron chi connectivity index (χ4n) is 3.30. The van der Waals surface area contributed by atoms with E-state index in [4.69, 9.17) is 4.74 Å². The number of para-hydroxylation sites is 4. The number of fused-ring (bicyclic) bond motifs is 2. The summed E-state index contributed by atoms with van der Waals surface area (Å²) in [5.41, 5.74) is 4.23. The van der Waals surface area contributed by atoms with Crippen LogP contribution in [-0.4, -0.2) is 6.34 Å². The predicted molar refractivity (Wildman–Crippen MR) is 112 cm³/mol. The lowest BCUT2D eigenvalue weighted by molar-refractivity contribution is 0.481. The van der Waals surface area contributed by atoms with Crippen LogP contribution in [0.25, 0.3) is 10.8 Å². The van der Waals surface area contributed by atoms with Gasteiger partial charge in [0.15, 0.2) is 11.5 Å². The highest BCUT2D eigenvalue weighted by Gasteiger charge is 2.14. The predicted octanol–water partition coefficient (Wildman–Crippen LogP) is 6.46. The molecule has 0 atom stereocenters. The summed E-state index contributed by atoms with van der Waals surface area (Å²) in [5.74, 6) is 1.76. The minimum absolute atomic E-state index is 0.881. The summed E-state index contributed by atoms with van der Waals surface area (Å²) in [4.78, 5) is 4.28. The van der Waals surface area contributed by atoms with Crippen molar-refractivity contribution in [2.75, 3.05) is 10.6 Å². The van der Waals surface area contributed by atoms with Crippen molar-refractivity contribution in [2.24, 2.45) is 4.99 Å². The molecule has 27 heavy (non-hydrogen) atoms. The van der Waals surface area contributed by atoms with Crippen molar-refractivity contribution < 1.29 is 4.74 Å². The Morgan fingerprint density at radius 3 is 2.00 bits per heavy atom. The molecule has 0 spiro atoms. The van der Waals surface area contributed by atoms with Gasteiger partial charge in [-0.3, -0.25) is 0 Å². The highest BCUT2D eigenvalue weighted by Crippen LogP contribution is 2.41. The minimum atomic E-state index is 0.881. The van der Waals surface area contributed by atoms with E-state index in [1.165, 1.54) is 10.8 Å². The van der Waals surface area contributed by atoms with Gasteiger partial charge in [-0.25, -0.2) is 4.99 Å². The van der Waals surface area contributed by atoms with Gasteiger partial charge in [0.25, 0.3) is 0 Å². The second-order valence-electron chi connectivity index (χ2n) is 6.30. The molecule has 0 saturated carbocycles. The summed E-state index contributed by atoms with van der Waals surface area (Å²) >= 11 is 0.